The molecule has 1 fully saturated rings. The van der Waals surface area contributed by atoms with Gasteiger partial charge in [0.1, 0.15) is 37.0 Å². The van der Waals surface area contributed by atoms with Crippen LogP contribution in [-0.4, -0.2) is 111 Å². The normalized spacial score (nSPS) is 24.4. The Bertz CT molecular complexity index is 948. The maximum Gasteiger partial charge on any atom is 0.332 e. The van der Waals surface area contributed by atoms with E-state index in [4.69, 9.17) is 30.8 Å². The molecule has 1 unspecified atom stereocenters. The van der Waals surface area contributed by atoms with Crippen LogP contribution in [0.2, 0.25) is 0 Å². The molecule has 0 aromatic carbocycles. The third-order valence-electron chi connectivity index (χ3n) is 6.58. The van der Waals surface area contributed by atoms with Gasteiger partial charge in [0.2, 0.25) is 17.7 Å². The van der Waals surface area contributed by atoms with Crippen molar-refractivity contribution in [2.75, 3.05) is 6.61 Å². The largest absolute Gasteiger partial charge is 0.481 e. The molecule has 1 saturated heterocycles. The zero-order chi connectivity index (χ0) is 31.4. The highest BCUT2D eigenvalue weighted by atomic mass is 16.6. The summed E-state index contributed by atoms with van der Waals surface area (Å²) in [5.74, 6) is -5.76. The van der Waals surface area contributed by atoms with Gasteiger partial charge in [-0.05, 0) is 26.7 Å². The highest BCUT2D eigenvalue weighted by Gasteiger charge is 2.50. The number of nitrogens with two attached hydrogens (primary N) is 2. The maximum absolute atomic E-state index is 13.0. The van der Waals surface area contributed by atoms with Gasteiger partial charge in [-0.3, -0.25) is 24.0 Å². The number of unbranched alkanes of at least 4 members (excludes halogenated alkanes) is 2. The van der Waals surface area contributed by atoms with Crippen molar-refractivity contribution in [1.29, 1.82) is 0 Å². The quantitative estimate of drug-likeness (QED) is 0.0829. The Hall–Kier alpha value is -3.34. The molecule has 0 aromatic heterocycles. The Kier molecular flexibility index (Phi) is 14.6. The molecule has 0 saturated carbocycles. The van der Waals surface area contributed by atoms with Crippen molar-refractivity contribution >= 4 is 35.6 Å². The number of ether oxygens (including phenoxy) is 3. The topological polar surface area (TPSA) is 258 Å². The summed E-state index contributed by atoms with van der Waals surface area (Å²) >= 11 is 0. The molecule has 0 aromatic rings. The van der Waals surface area contributed by atoms with E-state index in [9.17, 15) is 39.0 Å². The van der Waals surface area contributed by atoms with E-state index >= 15 is 0 Å². The number of amides is 3. The van der Waals surface area contributed by atoms with Crippen molar-refractivity contribution < 1.29 is 58.3 Å². The lowest BCUT2D eigenvalue weighted by Gasteiger charge is -2.48. The van der Waals surface area contributed by atoms with Crippen molar-refractivity contribution in [1.82, 2.24) is 10.2 Å². The predicted octanol–water partition coefficient (Wildman–Crippen LogP) is -1.55. The minimum Gasteiger partial charge on any atom is -0.481 e. The number of hydrogen-bond donors (Lipinski definition) is 6. The zero-order valence-electron chi connectivity index (χ0n) is 23.7. The van der Waals surface area contributed by atoms with E-state index in [2.05, 4.69) is 5.32 Å². The molecule has 1 aliphatic rings. The van der Waals surface area contributed by atoms with Gasteiger partial charge in [0.25, 0.3) is 0 Å². The lowest BCUT2D eigenvalue weighted by molar-refractivity contribution is -0.247. The number of aliphatic hydroxyl groups is 1. The number of carbonyl (C=O) groups is 6. The molecular formula is C25H42N4O12. The van der Waals surface area contributed by atoms with E-state index in [1.54, 1.807) is 0 Å². The molecule has 1 aliphatic heterocycles. The third-order valence-corrected chi connectivity index (χ3v) is 6.58. The van der Waals surface area contributed by atoms with E-state index in [0.29, 0.717) is 6.42 Å². The summed E-state index contributed by atoms with van der Waals surface area (Å²) in [4.78, 5) is 73.0. The highest BCUT2D eigenvalue weighted by molar-refractivity contribution is 5.91. The first-order valence-electron chi connectivity index (χ1n) is 13.4. The van der Waals surface area contributed by atoms with Crippen LogP contribution in [0.15, 0.2) is 0 Å². The van der Waals surface area contributed by atoms with E-state index in [-0.39, 0.29) is 12.8 Å². The molecule has 16 nitrogen and oxygen atoms in total. The molecule has 1 rings (SSSR count). The third kappa shape index (κ3) is 10.9. The number of nitrogens with one attached hydrogen (secondary N) is 1. The first kappa shape index (κ1) is 35.7. The summed E-state index contributed by atoms with van der Waals surface area (Å²) in [5, 5.41) is 31.5. The fourth-order valence-electron chi connectivity index (χ4n) is 4.22. The minimum atomic E-state index is -1.58. The molecule has 234 valence electrons. The standard InChI is InChI=1S/C25H42N4O12/c1-5-6-7-8-18(33)39-11-16-20(34)21(40-13(3)25(37)38)19(26)24(41-16)29(14(4)30)12(2)23(36)28-15(22(27)35)9-10-17(31)32/h12-13,15-16,19-21,24,34H,5-11,26H2,1-4H3,(H2,27,35)(H,28,36)(H,31,32)(H,37,38)/t12-,13+,15+,16+,19+,20+,21+,24?/m0/s1. The van der Waals surface area contributed by atoms with Crippen molar-refractivity contribution in [2.24, 2.45) is 11.5 Å². The number of primary amides is 1. The van der Waals surface area contributed by atoms with Crippen LogP contribution < -0.4 is 16.8 Å². The summed E-state index contributed by atoms with van der Waals surface area (Å²) < 4.78 is 16.6. The Morgan fingerprint density at radius 3 is 2.22 bits per heavy atom. The predicted molar refractivity (Wildman–Crippen MR) is 140 cm³/mol. The van der Waals surface area contributed by atoms with Gasteiger partial charge < -0.3 is 51.2 Å². The Morgan fingerprint density at radius 1 is 1.07 bits per heavy atom. The first-order valence-corrected chi connectivity index (χ1v) is 13.4. The highest BCUT2D eigenvalue weighted by Crippen LogP contribution is 2.28. The molecular weight excluding hydrogens is 548 g/mol. The first-order chi connectivity index (χ1) is 19.1. The van der Waals surface area contributed by atoms with Crippen LogP contribution in [0.1, 0.15) is 66.2 Å². The molecule has 0 radical (unpaired) electrons. The number of carbonyl (C=O) groups excluding carboxylic acids is 4. The summed E-state index contributed by atoms with van der Waals surface area (Å²) in [6.07, 6.45) is -5.65. The Balaban J connectivity index is 3.26. The second-order valence-electron chi connectivity index (χ2n) is 9.85. The molecule has 41 heavy (non-hydrogen) atoms. The average molecular weight is 591 g/mol. The van der Waals surface area contributed by atoms with Crippen molar-refractivity contribution in [2.45, 2.75) is 115 Å². The summed E-state index contributed by atoms with van der Waals surface area (Å²) in [5.41, 5.74) is 11.6. The molecule has 0 spiro atoms. The monoisotopic (exact) mass is 590 g/mol. The van der Waals surface area contributed by atoms with E-state index < -0.39 is 97.4 Å². The van der Waals surface area contributed by atoms with Crippen LogP contribution in [0.4, 0.5) is 0 Å². The second kappa shape index (κ2) is 16.8. The molecule has 8 N–H and O–H groups in total. The lowest BCUT2D eigenvalue weighted by atomic mass is 9.94. The van der Waals surface area contributed by atoms with Crippen LogP contribution in [0.3, 0.4) is 0 Å². The SMILES string of the molecule is CCCCCC(=O)OC[C@H]1OC(N(C(C)=O)[C@@H](C)C(=O)N[C@H](CCC(=O)O)C(N)=O)[C@H](N)[C@@H](O[C@H](C)C(=O)O)[C@@H]1O. The van der Waals surface area contributed by atoms with Crippen molar-refractivity contribution in [3.63, 3.8) is 0 Å². The fourth-order valence-corrected chi connectivity index (χ4v) is 4.22. The van der Waals surface area contributed by atoms with Gasteiger partial charge in [-0.2, -0.15) is 0 Å². The van der Waals surface area contributed by atoms with Gasteiger partial charge in [0.15, 0.2) is 12.3 Å². The number of aliphatic carboxylic acids is 2. The van der Waals surface area contributed by atoms with Gasteiger partial charge in [0.05, 0.1) is 6.04 Å². The number of aliphatic hydroxyl groups excluding tert-OH is 1. The summed E-state index contributed by atoms with van der Waals surface area (Å²) in [6.45, 7) is 5.06. The van der Waals surface area contributed by atoms with Crippen LogP contribution in [0.25, 0.3) is 0 Å². The van der Waals surface area contributed by atoms with Crippen LogP contribution >= 0.6 is 0 Å². The maximum atomic E-state index is 13.0. The van der Waals surface area contributed by atoms with Gasteiger partial charge in [-0.25, -0.2) is 4.79 Å². The zero-order valence-corrected chi connectivity index (χ0v) is 23.7. The summed E-state index contributed by atoms with van der Waals surface area (Å²) in [6, 6.07) is -4.12. The molecule has 8 atom stereocenters. The minimum absolute atomic E-state index is 0.120. The fraction of sp³-hybridized carbons (Fsp3) is 0.760. The molecule has 0 bridgehead atoms. The van der Waals surface area contributed by atoms with Crippen LogP contribution in [-0.2, 0) is 43.0 Å². The number of carboxylic acids is 2. The van der Waals surface area contributed by atoms with Crippen LogP contribution in [0, 0.1) is 0 Å². The molecule has 0 aliphatic carbocycles. The van der Waals surface area contributed by atoms with Crippen LogP contribution in [0.5, 0.6) is 0 Å². The number of nitrogens with zero attached hydrogens (tertiary/aromatic N) is 1. The average Bonchev–Trinajstić information content (AvgIpc) is 2.88. The Labute approximate surface area is 237 Å². The smallest absolute Gasteiger partial charge is 0.332 e. The van der Waals surface area contributed by atoms with Gasteiger partial charge >= 0.3 is 17.9 Å². The van der Waals surface area contributed by atoms with E-state index in [1.165, 1.54) is 13.8 Å². The van der Waals surface area contributed by atoms with E-state index in [0.717, 1.165) is 24.7 Å². The Morgan fingerprint density at radius 2 is 1.71 bits per heavy atom. The number of rotatable bonds is 17. The van der Waals surface area contributed by atoms with E-state index in [1.807, 2.05) is 6.92 Å². The molecule has 3 amide bonds. The molecule has 1 heterocycles. The second-order valence-corrected chi connectivity index (χ2v) is 9.85. The number of esters is 1. The van der Waals surface area contributed by atoms with Crippen molar-refractivity contribution in [3.8, 4) is 0 Å². The lowest BCUT2D eigenvalue weighted by Crippen LogP contribution is -2.70. The molecule has 16 heteroatoms. The van der Waals surface area contributed by atoms with Crippen molar-refractivity contribution in [3.05, 3.63) is 0 Å². The number of hydrogen-bond acceptors (Lipinski definition) is 11. The summed E-state index contributed by atoms with van der Waals surface area (Å²) in [7, 11) is 0. The van der Waals surface area contributed by atoms with Gasteiger partial charge in [0, 0.05) is 19.8 Å². The van der Waals surface area contributed by atoms with Gasteiger partial charge in [-0.1, -0.05) is 19.8 Å². The number of carboxylic acid groups (broad SMARTS) is 2. The van der Waals surface area contributed by atoms with Gasteiger partial charge in [-0.15, -0.1) is 0 Å².